The van der Waals surface area contributed by atoms with Crippen LogP contribution in [0.15, 0.2) is 18.2 Å². The van der Waals surface area contributed by atoms with Gasteiger partial charge in [-0.3, -0.25) is 0 Å². The third-order valence-electron chi connectivity index (χ3n) is 2.88. The number of anilines is 1. The topological polar surface area (TPSA) is 32.3 Å². The third kappa shape index (κ3) is 3.39. The molecule has 2 N–H and O–H groups in total. The monoisotopic (exact) mass is 241 g/mol. The molecule has 0 fully saturated rings. The van der Waals surface area contributed by atoms with Crippen molar-refractivity contribution in [3.63, 3.8) is 0 Å². The van der Waals surface area contributed by atoms with E-state index < -0.39 is 0 Å². The van der Waals surface area contributed by atoms with Gasteiger partial charge in [0.2, 0.25) is 0 Å². The third-order valence-corrected chi connectivity index (χ3v) is 3.21. The second kappa shape index (κ2) is 5.07. The van der Waals surface area contributed by atoms with Gasteiger partial charge in [-0.2, -0.15) is 0 Å². The lowest BCUT2D eigenvalue weighted by Crippen LogP contribution is -2.30. The van der Waals surface area contributed by atoms with E-state index in [9.17, 15) is 0 Å². The molecular formula is C13H20ClNO. The van der Waals surface area contributed by atoms with E-state index in [0.29, 0.717) is 11.1 Å². The molecule has 0 saturated heterocycles. The van der Waals surface area contributed by atoms with Crippen LogP contribution in [0, 0.1) is 5.41 Å². The number of benzene rings is 1. The average Bonchev–Trinajstić information content (AvgIpc) is 2.19. The lowest BCUT2D eigenvalue weighted by Gasteiger charge is -2.29. The van der Waals surface area contributed by atoms with E-state index in [4.69, 9.17) is 16.7 Å². The van der Waals surface area contributed by atoms with Gasteiger partial charge in [0.25, 0.3) is 0 Å². The Kier molecular flexibility index (Phi) is 4.22. The summed E-state index contributed by atoms with van der Waals surface area (Å²) < 4.78 is 0. The molecular weight excluding hydrogens is 222 g/mol. The Morgan fingerprint density at radius 3 is 2.50 bits per heavy atom. The second-order valence-electron chi connectivity index (χ2n) is 5.20. The summed E-state index contributed by atoms with van der Waals surface area (Å²) in [6.45, 7) is 8.69. The molecule has 1 aromatic carbocycles. The van der Waals surface area contributed by atoms with Gasteiger partial charge >= 0.3 is 0 Å². The zero-order valence-electron chi connectivity index (χ0n) is 10.3. The van der Waals surface area contributed by atoms with Crippen molar-refractivity contribution in [2.45, 2.75) is 40.3 Å². The smallest absolute Gasteiger partial charge is 0.0682 e. The molecule has 0 bridgehead atoms. The molecule has 2 nitrogen and oxygen atoms in total. The fourth-order valence-corrected chi connectivity index (χ4v) is 1.40. The first-order valence-corrected chi connectivity index (χ1v) is 5.88. The number of hydrogen-bond acceptors (Lipinski definition) is 2. The van der Waals surface area contributed by atoms with Gasteiger partial charge in [-0.1, -0.05) is 38.4 Å². The highest BCUT2D eigenvalue weighted by Crippen LogP contribution is 2.28. The van der Waals surface area contributed by atoms with Gasteiger partial charge in [0.15, 0.2) is 0 Å². The Morgan fingerprint density at radius 1 is 1.38 bits per heavy atom. The summed E-state index contributed by atoms with van der Waals surface area (Å²) >= 11 is 6.10. The summed E-state index contributed by atoms with van der Waals surface area (Å²) in [7, 11) is 0. The van der Waals surface area contributed by atoms with E-state index in [1.54, 1.807) is 0 Å². The summed E-state index contributed by atoms with van der Waals surface area (Å²) in [5.74, 6) is 0. The lowest BCUT2D eigenvalue weighted by atomic mass is 9.88. The molecule has 0 amide bonds. The summed E-state index contributed by atoms with van der Waals surface area (Å²) in [6.07, 6.45) is 0. The predicted molar refractivity (Wildman–Crippen MR) is 69.9 cm³/mol. The molecule has 0 saturated carbocycles. The van der Waals surface area contributed by atoms with Gasteiger partial charge in [-0.15, -0.1) is 0 Å². The quantitative estimate of drug-likeness (QED) is 0.846. The predicted octanol–water partition coefficient (Wildman–Crippen LogP) is 3.68. The first-order valence-electron chi connectivity index (χ1n) is 5.50. The molecule has 0 heterocycles. The highest BCUT2D eigenvalue weighted by atomic mass is 35.5. The molecule has 0 aromatic heterocycles. The number of halogens is 1. The van der Waals surface area contributed by atoms with Gasteiger partial charge in [-0.25, -0.2) is 0 Å². The zero-order chi connectivity index (χ0) is 12.3. The first-order chi connectivity index (χ1) is 7.34. The van der Waals surface area contributed by atoms with Crippen LogP contribution in [0.5, 0.6) is 0 Å². The maximum absolute atomic E-state index is 9.08. The zero-order valence-corrected chi connectivity index (χ0v) is 11.1. The van der Waals surface area contributed by atoms with Gasteiger partial charge < -0.3 is 10.4 Å². The Bertz CT molecular complexity index is 357. The van der Waals surface area contributed by atoms with E-state index >= 15 is 0 Å². The van der Waals surface area contributed by atoms with Crippen molar-refractivity contribution in [1.29, 1.82) is 0 Å². The Morgan fingerprint density at radius 2 is 2.00 bits per heavy atom. The van der Waals surface area contributed by atoms with Crippen molar-refractivity contribution >= 4 is 17.3 Å². The van der Waals surface area contributed by atoms with Crippen molar-refractivity contribution in [2.24, 2.45) is 5.41 Å². The van der Waals surface area contributed by atoms with Gasteiger partial charge in [0.05, 0.1) is 17.3 Å². The fraction of sp³-hybridized carbons (Fsp3) is 0.538. The molecule has 1 atom stereocenters. The van der Waals surface area contributed by atoms with Crippen molar-refractivity contribution in [2.75, 3.05) is 5.32 Å². The summed E-state index contributed by atoms with van der Waals surface area (Å²) in [6, 6.07) is 5.84. The van der Waals surface area contributed by atoms with Crippen LogP contribution in [0.2, 0.25) is 5.02 Å². The van der Waals surface area contributed by atoms with Crippen molar-refractivity contribution in [1.82, 2.24) is 0 Å². The number of aliphatic hydroxyl groups excluding tert-OH is 1. The maximum Gasteiger partial charge on any atom is 0.0682 e. The molecule has 1 unspecified atom stereocenters. The Labute approximate surface area is 103 Å². The van der Waals surface area contributed by atoms with Crippen LogP contribution in [0.25, 0.3) is 0 Å². The average molecular weight is 242 g/mol. The van der Waals surface area contributed by atoms with Gasteiger partial charge in [-0.05, 0) is 30.0 Å². The highest BCUT2D eigenvalue weighted by Gasteiger charge is 2.20. The molecule has 16 heavy (non-hydrogen) atoms. The van der Waals surface area contributed by atoms with Crippen LogP contribution in [-0.2, 0) is 6.61 Å². The standard InChI is InChI=1S/C13H20ClNO/c1-9(13(2,3)4)15-12-7-10(8-16)5-6-11(12)14/h5-7,9,15-16H,8H2,1-4H3. The lowest BCUT2D eigenvalue weighted by molar-refractivity contribution is 0.282. The van der Waals surface area contributed by atoms with E-state index in [0.717, 1.165) is 11.3 Å². The van der Waals surface area contributed by atoms with Crippen molar-refractivity contribution in [3.05, 3.63) is 28.8 Å². The molecule has 0 spiro atoms. The number of aliphatic hydroxyl groups is 1. The summed E-state index contributed by atoms with van der Waals surface area (Å²) in [5, 5.41) is 13.1. The maximum atomic E-state index is 9.08. The minimum absolute atomic E-state index is 0.0374. The largest absolute Gasteiger partial charge is 0.392 e. The summed E-state index contributed by atoms with van der Waals surface area (Å²) in [5.41, 5.74) is 1.92. The molecule has 0 aliphatic carbocycles. The highest BCUT2D eigenvalue weighted by molar-refractivity contribution is 6.33. The molecule has 3 heteroatoms. The summed E-state index contributed by atoms with van der Waals surface area (Å²) in [4.78, 5) is 0. The normalized spacial score (nSPS) is 13.6. The van der Waals surface area contributed by atoms with Crippen LogP contribution >= 0.6 is 11.6 Å². The van der Waals surface area contributed by atoms with Crippen LogP contribution in [0.3, 0.4) is 0 Å². The molecule has 90 valence electrons. The van der Waals surface area contributed by atoms with E-state index in [1.807, 2.05) is 18.2 Å². The molecule has 1 rings (SSSR count). The van der Waals surface area contributed by atoms with Crippen LogP contribution < -0.4 is 5.32 Å². The molecule has 0 aliphatic heterocycles. The Balaban J connectivity index is 2.88. The van der Waals surface area contributed by atoms with Crippen LogP contribution in [0.4, 0.5) is 5.69 Å². The van der Waals surface area contributed by atoms with Crippen LogP contribution in [0.1, 0.15) is 33.3 Å². The second-order valence-corrected chi connectivity index (χ2v) is 5.61. The number of rotatable bonds is 3. The minimum atomic E-state index is 0.0374. The van der Waals surface area contributed by atoms with E-state index in [-0.39, 0.29) is 12.0 Å². The van der Waals surface area contributed by atoms with Gasteiger partial charge in [0, 0.05) is 6.04 Å². The minimum Gasteiger partial charge on any atom is -0.392 e. The number of hydrogen-bond donors (Lipinski definition) is 2. The van der Waals surface area contributed by atoms with Crippen molar-refractivity contribution < 1.29 is 5.11 Å². The van der Waals surface area contributed by atoms with Gasteiger partial charge in [0.1, 0.15) is 0 Å². The SMILES string of the molecule is CC(Nc1cc(CO)ccc1Cl)C(C)(C)C. The number of nitrogens with one attached hydrogen (secondary N) is 1. The fourth-order valence-electron chi connectivity index (χ4n) is 1.23. The molecule has 1 aromatic rings. The van der Waals surface area contributed by atoms with Crippen molar-refractivity contribution in [3.8, 4) is 0 Å². The van der Waals surface area contributed by atoms with E-state index in [2.05, 4.69) is 33.0 Å². The Hall–Kier alpha value is -0.730. The molecule has 0 aliphatic rings. The first kappa shape index (κ1) is 13.3. The van der Waals surface area contributed by atoms with E-state index in [1.165, 1.54) is 0 Å². The molecule has 0 radical (unpaired) electrons. The van der Waals surface area contributed by atoms with Crippen LogP contribution in [-0.4, -0.2) is 11.1 Å².